The summed E-state index contributed by atoms with van der Waals surface area (Å²) in [5, 5.41) is 0. The highest BCUT2D eigenvalue weighted by Gasteiger charge is 2.35. The summed E-state index contributed by atoms with van der Waals surface area (Å²) in [5.41, 5.74) is -0.00241. The van der Waals surface area contributed by atoms with Crippen LogP contribution in [0.3, 0.4) is 0 Å². The van der Waals surface area contributed by atoms with E-state index in [0.29, 0.717) is 29.0 Å². The summed E-state index contributed by atoms with van der Waals surface area (Å²) in [7, 11) is 0. The Morgan fingerprint density at radius 1 is 1.60 bits per heavy atom. The molecule has 1 fully saturated rings. The maximum Gasteiger partial charge on any atom is 0.255 e. The molecule has 110 valence electrons. The van der Waals surface area contributed by atoms with Gasteiger partial charge in [-0.15, -0.1) is 11.6 Å². The van der Waals surface area contributed by atoms with Gasteiger partial charge in [0.2, 0.25) is 0 Å². The molecule has 0 aliphatic carbocycles. The van der Waals surface area contributed by atoms with E-state index in [4.69, 9.17) is 16.3 Å². The minimum atomic E-state index is -0.444. The highest BCUT2D eigenvalue weighted by atomic mass is 79.9. The topological polar surface area (TPSA) is 29.5 Å². The SMILES string of the molecule is CC1(C)CN(C(=O)c2ccc(F)cc2Br)CC(CCl)O1. The Balaban J connectivity index is 2.23. The molecule has 0 aromatic heterocycles. The normalized spacial score (nSPS) is 21.9. The van der Waals surface area contributed by atoms with Crippen LogP contribution >= 0.6 is 27.5 Å². The van der Waals surface area contributed by atoms with Gasteiger partial charge in [-0.2, -0.15) is 0 Å². The van der Waals surface area contributed by atoms with Crippen LogP contribution in [0.5, 0.6) is 0 Å². The van der Waals surface area contributed by atoms with Crippen LogP contribution in [-0.2, 0) is 4.74 Å². The van der Waals surface area contributed by atoms with Gasteiger partial charge in [0.1, 0.15) is 5.82 Å². The van der Waals surface area contributed by atoms with Crippen LogP contribution < -0.4 is 0 Å². The molecule has 1 heterocycles. The van der Waals surface area contributed by atoms with Gasteiger partial charge in [-0.25, -0.2) is 4.39 Å². The van der Waals surface area contributed by atoms with Crippen molar-refractivity contribution in [2.24, 2.45) is 0 Å². The van der Waals surface area contributed by atoms with Crippen molar-refractivity contribution in [2.45, 2.75) is 25.6 Å². The molecule has 1 amide bonds. The molecule has 1 aromatic carbocycles. The number of amides is 1. The smallest absolute Gasteiger partial charge is 0.255 e. The Morgan fingerprint density at radius 3 is 2.90 bits per heavy atom. The molecule has 1 saturated heterocycles. The Kier molecular flexibility index (Phi) is 4.72. The number of alkyl halides is 1. The zero-order valence-corrected chi connectivity index (χ0v) is 13.7. The number of ether oxygens (including phenoxy) is 1. The minimum absolute atomic E-state index is 0.150. The Morgan fingerprint density at radius 2 is 2.30 bits per heavy atom. The number of rotatable bonds is 2. The molecule has 1 aliphatic rings. The first-order valence-corrected chi connectivity index (χ1v) is 7.63. The molecule has 2 rings (SSSR count). The molecular formula is C14H16BrClFNO2. The number of morpholine rings is 1. The molecule has 6 heteroatoms. The molecule has 0 saturated carbocycles. The summed E-state index contributed by atoms with van der Waals surface area (Å²) in [6, 6.07) is 4.06. The van der Waals surface area contributed by atoms with Gasteiger partial charge < -0.3 is 9.64 Å². The molecular weight excluding hydrogens is 349 g/mol. The number of carbonyl (C=O) groups is 1. The van der Waals surface area contributed by atoms with Crippen molar-refractivity contribution in [2.75, 3.05) is 19.0 Å². The lowest BCUT2D eigenvalue weighted by Crippen LogP contribution is -2.55. The molecule has 0 spiro atoms. The van der Waals surface area contributed by atoms with Gasteiger partial charge in [0.25, 0.3) is 5.91 Å². The van der Waals surface area contributed by atoms with E-state index >= 15 is 0 Å². The van der Waals surface area contributed by atoms with E-state index in [1.165, 1.54) is 18.2 Å². The molecule has 1 unspecified atom stereocenters. The molecule has 1 aromatic rings. The van der Waals surface area contributed by atoms with Crippen LogP contribution in [0.2, 0.25) is 0 Å². The third-order valence-corrected chi connectivity index (χ3v) is 4.10. The summed E-state index contributed by atoms with van der Waals surface area (Å²) in [5.74, 6) is -0.199. The Bertz CT molecular complexity index is 524. The first kappa shape index (κ1) is 15.7. The third kappa shape index (κ3) is 3.51. The van der Waals surface area contributed by atoms with E-state index in [9.17, 15) is 9.18 Å². The fourth-order valence-corrected chi connectivity index (χ4v) is 3.05. The predicted octanol–water partition coefficient (Wildman–Crippen LogP) is 3.45. The molecule has 0 radical (unpaired) electrons. The number of hydrogen-bond donors (Lipinski definition) is 0. The van der Waals surface area contributed by atoms with Crippen LogP contribution in [0.15, 0.2) is 22.7 Å². The van der Waals surface area contributed by atoms with Gasteiger partial charge in [0, 0.05) is 17.6 Å². The number of nitrogens with zero attached hydrogens (tertiary/aromatic N) is 1. The van der Waals surface area contributed by atoms with Gasteiger partial charge in [-0.05, 0) is 48.0 Å². The predicted molar refractivity (Wildman–Crippen MR) is 79.7 cm³/mol. The van der Waals surface area contributed by atoms with E-state index in [-0.39, 0.29) is 17.8 Å². The summed E-state index contributed by atoms with van der Waals surface area (Å²) in [6.45, 7) is 4.76. The standard InChI is InChI=1S/C14H16BrClFNO2/c1-14(2)8-18(7-10(6-16)20-14)13(19)11-4-3-9(17)5-12(11)15/h3-5,10H,6-8H2,1-2H3. The van der Waals surface area contributed by atoms with Crippen molar-refractivity contribution in [3.8, 4) is 0 Å². The molecule has 0 N–H and O–H groups in total. The molecule has 3 nitrogen and oxygen atoms in total. The van der Waals surface area contributed by atoms with Crippen LogP contribution in [0.4, 0.5) is 4.39 Å². The Hall–Kier alpha value is -0.650. The summed E-state index contributed by atoms with van der Waals surface area (Å²) in [6.07, 6.45) is -0.191. The van der Waals surface area contributed by atoms with Crippen molar-refractivity contribution in [1.29, 1.82) is 0 Å². The van der Waals surface area contributed by atoms with Crippen molar-refractivity contribution in [3.63, 3.8) is 0 Å². The average molecular weight is 365 g/mol. The summed E-state index contributed by atoms with van der Waals surface area (Å²) >= 11 is 9.08. The van der Waals surface area contributed by atoms with Crippen molar-refractivity contribution < 1.29 is 13.9 Å². The maximum absolute atomic E-state index is 13.1. The zero-order valence-electron chi connectivity index (χ0n) is 11.3. The molecule has 1 atom stereocenters. The van der Waals surface area contributed by atoms with Crippen molar-refractivity contribution in [1.82, 2.24) is 4.90 Å². The summed E-state index contributed by atoms with van der Waals surface area (Å²) < 4.78 is 19.3. The molecule has 20 heavy (non-hydrogen) atoms. The maximum atomic E-state index is 13.1. The second-order valence-electron chi connectivity index (χ2n) is 5.46. The zero-order chi connectivity index (χ0) is 14.9. The van der Waals surface area contributed by atoms with Gasteiger partial charge in [-0.1, -0.05) is 0 Å². The lowest BCUT2D eigenvalue weighted by Gasteiger charge is -2.42. The van der Waals surface area contributed by atoms with Gasteiger partial charge in [0.15, 0.2) is 0 Å². The fourth-order valence-electron chi connectivity index (χ4n) is 2.36. The lowest BCUT2D eigenvalue weighted by molar-refractivity contribution is -0.117. The van der Waals surface area contributed by atoms with Crippen LogP contribution in [-0.4, -0.2) is 41.5 Å². The second kappa shape index (κ2) is 6.00. The summed E-state index contributed by atoms with van der Waals surface area (Å²) in [4.78, 5) is 14.3. The largest absolute Gasteiger partial charge is 0.367 e. The number of benzene rings is 1. The van der Waals surface area contributed by atoms with E-state index in [0.717, 1.165) is 0 Å². The highest BCUT2D eigenvalue weighted by molar-refractivity contribution is 9.10. The molecule has 1 aliphatic heterocycles. The van der Waals surface area contributed by atoms with Gasteiger partial charge >= 0.3 is 0 Å². The van der Waals surface area contributed by atoms with E-state index in [2.05, 4.69) is 15.9 Å². The number of halogens is 3. The van der Waals surface area contributed by atoms with Crippen LogP contribution in [0.1, 0.15) is 24.2 Å². The van der Waals surface area contributed by atoms with E-state index in [1.54, 1.807) is 4.90 Å². The first-order valence-electron chi connectivity index (χ1n) is 6.30. The van der Waals surface area contributed by atoms with Gasteiger partial charge in [0.05, 0.1) is 23.1 Å². The number of carbonyl (C=O) groups excluding carboxylic acids is 1. The van der Waals surface area contributed by atoms with Crippen molar-refractivity contribution in [3.05, 3.63) is 34.1 Å². The third-order valence-electron chi connectivity index (χ3n) is 3.10. The molecule has 0 bridgehead atoms. The van der Waals surface area contributed by atoms with E-state index in [1.807, 2.05) is 13.8 Å². The second-order valence-corrected chi connectivity index (χ2v) is 6.63. The lowest BCUT2D eigenvalue weighted by atomic mass is 10.0. The van der Waals surface area contributed by atoms with Gasteiger partial charge in [-0.3, -0.25) is 4.79 Å². The highest BCUT2D eigenvalue weighted by Crippen LogP contribution is 2.26. The number of hydrogen-bond acceptors (Lipinski definition) is 2. The quantitative estimate of drug-likeness (QED) is 0.752. The van der Waals surface area contributed by atoms with Crippen LogP contribution in [0.25, 0.3) is 0 Å². The average Bonchev–Trinajstić information content (AvgIpc) is 2.36. The first-order chi connectivity index (χ1) is 9.32. The monoisotopic (exact) mass is 363 g/mol. The van der Waals surface area contributed by atoms with Crippen LogP contribution in [0, 0.1) is 5.82 Å². The fraction of sp³-hybridized carbons (Fsp3) is 0.500. The van der Waals surface area contributed by atoms with Crippen molar-refractivity contribution >= 4 is 33.4 Å². The minimum Gasteiger partial charge on any atom is -0.367 e. The Labute approximate surface area is 131 Å². The van der Waals surface area contributed by atoms with E-state index < -0.39 is 5.60 Å².